The second-order valence-corrected chi connectivity index (χ2v) is 4.90. The fourth-order valence-electron chi connectivity index (χ4n) is 1.83. The number of aromatic nitrogens is 4. The number of tetrazole rings is 1. The van der Waals surface area contributed by atoms with Crippen molar-refractivity contribution in [2.24, 2.45) is 5.92 Å². The molecule has 108 valence electrons. The minimum absolute atomic E-state index is 0.247. The average Bonchev–Trinajstić information content (AvgIpc) is 2.81. The van der Waals surface area contributed by atoms with E-state index in [1.807, 2.05) is 0 Å². The molecule has 0 aliphatic rings. The zero-order valence-corrected chi connectivity index (χ0v) is 12.1. The van der Waals surface area contributed by atoms with Crippen LogP contribution in [0.25, 0.3) is 0 Å². The maximum absolute atomic E-state index is 11.7. The second-order valence-electron chi connectivity index (χ2n) is 4.90. The summed E-state index contributed by atoms with van der Waals surface area (Å²) in [4.78, 5) is 11.7. The third-order valence-corrected chi connectivity index (χ3v) is 2.74. The lowest BCUT2D eigenvalue weighted by molar-refractivity contribution is -0.143. The number of hydrogen-bond donors (Lipinski definition) is 1. The van der Waals surface area contributed by atoms with Crippen molar-refractivity contribution in [2.45, 2.75) is 52.7 Å². The van der Waals surface area contributed by atoms with Crippen LogP contribution >= 0.6 is 0 Å². The molecule has 0 bridgehead atoms. The fraction of sp³-hybridized carbons (Fsp3) is 0.833. The molecule has 0 aromatic carbocycles. The van der Waals surface area contributed by atoms with Gasteiger partial charge in [-0.05, 0) is 29.2 Å². The van der Waals surface area contributed by atoms with Gasteiger partial charge >= 0.3 is 5.97 Å². The molecule has 0 saturated heterocycles. The Morgan fingerprint density at radius 1 is 1.47 bits per heavy atom. The summed E-state index contributed by atoms with van der Waals surface area (Å²) in [5, 5.41) is 14.7. The highest BCUT2D eigenvalue weighted by atomic mass is 16.5. The Labute approximate surface area is 113 Å². The van der Waals surface area contributed by atoms with Crippen LogP contribution < -0.4 is 5.32 Å². The molecule has 0 aliphatic carbocycles. The maximum atomic E-state index is 11.7. The Hall–Kier alpha value is -1.50. The van der Waals surface area contributed by atoms with Gasteiger partial charge in [-0.25, -0.2) is 4.68 Å². The minimum Gasteiger partial charge on any atom is -0.468 e. The normalized spacial score (nSPS) is 12.7. The summed E-state index contributed by atoms with van der Waals surface area (Å²) in [5.41, 5.74) is 0. The van der Waals surface area contributed by atoms with E-state index in [0.29, 0.717) is 12.5 Å². The van der Waals surface area contributed by atoms with Crippen LogP contribution in [0.5, 0.6) is 0 Å². The van der Waals surface area contributed by atoms with Crippen LogP contribution in [0.3, 0.4) is 0 Å². The first-order valence-electron chi connectivity index (χ1n) is 6.64. The van der Waals surface area contributed by atoms with Crippen molar-refractivity contribution in [1.29, 1.82) is 0 Å². The van der Waals surface area contributed by atoms with Crippen molar-refractivity contribution in [3.63, 3.8) is 0 Å². The van der Waals surface area contributed by atoms with Crippen LogP contribution in [-0.4, -0.2) is 39.3 Å². The van der Waals surface area contributed by atoms with Crippen molar-refractivity contribution < 1.29 is 9.53 Å². The van der Waals surface area contributed by atoms with Gasteiger partial charge in [0.05, 0.1) is 13.7 Å². The third-order valence-electron chi connectivity index (χ3n) is 2.74. The van der Waals surface area contributed by atoms with Gasteiger partial charge in [0, 0.05) is 6.54 Å². The predicted octanol–water partition coefficient (Wildman–Crippen LogP) is 0.760. The largest absolute Gasteiger partial charge is 0.468 e. The number of methoxy groups -OCH3 is 1. The van der Waals surface area contributed by atoms with Crippen molar-refractivity contribution in [3.05, 3.63) is 5.82 Å². The monoisotopic (exact) mass is 269 g/mol. The molecule has 7 nitrogen and oxygen atoms in total. The maximum Gasteiger partial charge on any atom is 0.322 e. The minimum atomic E-state index is -0.322. The molecule has 0 fully saturated rings. The number of carbonyl (C=O) groups excluding carboxylic acids is 1. The van der Waals surface area contributed by atoms with Gasteiger partial charge in [-0.15, -0.1) is 5.10 Å². The van der Waals surface area contributed by atoms with Gasteiger partial charge in [-0.1, -0.05) is 20.8 Å². The first kappa shape index (κ1) is 15.6. The van der Waals surface area contributed by atoms with E-state index in [0.717, 1.165) is 25.2 Å². The van der Waals surface area contributed by atoms with Crippen LogP contribution in [0.1, 0.15) is 39.4 Å². The first-order valence-corrected chi connectivity index (χ1v) is 6.64. The molecule has 1 N–H and O–H groups in total. The predicted molar refractivity (Wildman–Crippen MR) is 70.2 cm³/mol. The number of rotatable bonds is 8. The number of aryl methyl sites for hydroxylation is 1. The Balaban J connectivity index is 2.59. The van der Waals surface area contributed by atoms with Gasteiger partial charge < -0.3 is 4.74 Å². The zero-order valence-electron chi connectivity index (χ0n) is 12.1. The van der Waals surface area contributed by atoms with Gasteiger partial charge in [0.1, 0.15) is 6.04 Å². The van der Waals surface area contributed by atoms with Crippen molar-refractivity contribution >= 4 is 5.97 Å². The van der Waals surface area contributed by atoms with Gasteiger partial charge in [0.15, 0.2) is 5.82 Å². The standard InChI is InChI=1S/C12H23N5O2/c1-5-6-17-11(14-15-16-17)8-13-10(7-9(2)3)12(18)19-4/h9-10,13H,5-8H2,1-4H3. The molecule has 1 aromatic heterocycles. The molecule has 1 atom stereocenters. The highest BCUT2D eigenvalue weighted by Crippen LogP contribution is 2.07. The van der Waals surface area contributed by atoms with Crippen LogP contribution in [-0.2, 0) is 22.6 Å². The lowest BCUT2D eigenvalue weighted by atomic mass is 10.0. The molecule has 1 heterocycles. The summed E-state index contributed by atoms with van der Waals surface area (Å²) in [6, 6.07) is -0.322. The number of carbonyl (C=O) groups is 1. The van der Waals surface area contributed by atoms with E-state index < -0.39 is 0 Å². The fourth-order valence-corrected chi connectivity index (χ4v) is 1.83. The highest BCUT2D eigenvalue weighted by Gasteiger charge is 2.20. The first-order chi connectivity index (χ1) is 9.08. The molecule has 19 heavy (non-hydrogen) atoms. The van der Waals surface area contributed by atoms with Crippen molar-refractivity contribution in [1.82, 2.24) is 25.5 Å². The molecule has 0 amide bonds. The molecular formula is C12H23N5O2. The van der Waals surface area contributed by atoms with Gasteiger partial charge in [0.25, 0.3) is 0 Å². The van der Waals surface area contributed by atoms with Crippen LogP contribution in [0.4, 0.5) is 0 Å². The van der Waals surface area contributed by atoms with Gasteiger partial charge in [0.2, 0.25) is 0 Å². The molecule has 0 saturated carbocycles. The van der Waals surface area contributed by atoms with E-state index >= 15 is 0 Å². The number of nitrogens with zero attached hydrogens (tertiary/aromatic N) is 4. The lowest BCUT2D eigenvalue weighted by Gasteiger charge is -2.17. The Kier molecular flexibility index (Phi) is 6.41. The zero-order chi connectivity index (χ0) is 14.3. The number of esters is 1. The Bertz CT molecular complexity index is 391. The topological polar surface area (TPSA) is 81.9 Å². The average molecular weight is 269 g/mol. The third kappa shape index (κ3) is 4.94. The van der Waals surface area contributed by atoms with Crippen LogP contribution in [0.15, 0.2) is 0 Å². The Morgan fingerprint density at radius 3 is 2.79 bits per heavy atom. The SMILES string of the molecule is CCCn1nnnc1CNC(CC(C)C)C(=O)OC. The van der Waals surface area contributed by atoms with E-state index in [1.165, 1.54) is 7.11 Å². The summed E-state index contributed by atoms with van der Waals surface area (Å²) >= 11 is 0. The highest BCUT2D eigenvalue weighted by molar-refractivity contribution is 5.75. The van der Waals surface area contributed by atoms with E-state index in [-0.39, 0.29) is 12.0 Å². The van der Waals surface area contributed by atoms with E-state index in [9.17, 15) is 4.79 Å². The molecule has 0 spiro atoms. The molecule has 1 aromatic rings. The van der Waals surface area contributed by atoms with Gasteiger partial charge in [-0.2, -0.15) is 0 Å². The molecule has 7 heteroatoms. The van der Waals surface area contributed by atoms with Crippen molar-refractivity contribution in [2.75, 3.05) is 7.11 Å². The summed E-state index contributed by atoms with van der Waals surface area (Å²) in [6.07, 6.45) is 1.69. The summed E-state index contributed by atoms with van der Waals surface area (Å²) in [6.45, 7) is 7.43. The Morgan fingerprint density at radius 2 is 2.21 bits per heavy atom. The molecule has 0 radical (unpaired) electrons. The van der Waals surface area contributed by atoms with Crippen LogP contribution in [0.2, 0.25) is 0 Å². The summed E-state index contributed by atoms with van der Waals surface area (Å²) in [7, 11) is 1.40. The molecule has 1 rings (SSSR count). The smallest absolute Gasteiger partial charge is 0.322 e. The summed E-state index contributed by atoms with van der Waals surface area (Å²) in [5.74, 6) is 0.894. The van der Waals surface area contributed by atoms with Crippen molar-refractivity contribution in [3.8, 4) is 0 Å². The van der Waals surface area contributed by atoms with E-state index in [4.69, 9.17) is 4.74 Å². The second kappa shape index (κ2) is 7.83. The number of nitrogens with one attached hydrogen (secondary N) is 1. The van der Waals surface area contributed by atoms with E-state index in [1.54, 1.807) is 4.68 Å². The lowest BCUT2D eigenvalue weighted by Crippen LogP contribution is -2.38. The number of ether oxygens (including phenoxy) is 1. The van der Waals surface area contributed by atoms with Gasteiger partial charge in [-0.3, -0.25) is 10.1 Å². The molecule has 1 unspecified atom stereocenters. The summed E-state index contributed by atoms with van der Waals surface area (Å²) < 4.78 is 6.55. The van der Waals surface area contributed by atoms with E-state index in [2.05, 4.69) is 41.6 Å². The quantitative estimate of drug-likeness (QED) is 0.702. The molecular weight excluding hydrogens is 246 g/mol. The van der Waals surface area contributed by atoms with Crippen LogP contribution in [0, 0.1) is 5.92 Å². The number of hydrogen-bond acceptors (Lipinski definition) is 6. The molecule has 0 aliphatic heterocycles.